The van der Waals surface area contributed by atoms with Crippen LogP contribution in [0.15, 0.2) is 0 Å². The molecule has 0 saturated carbocycles. The third kappa shape index (κ3) is 76.6. The lowest BCUT2D eigenvalue weighted by atomic mass is 9.99. The number of unbranched alkanes of at least 4 members (excludes halogenated alkanes) is 49. The number of carbonyl (C=O) groups is 4. The van der Waals surface area contributed by atoms with Gasteiger partial charge in [0.1, 0.15) is 19.3 Å². The lowest BCUT2D eigenvalue weighted by Gasteiger charge is -2.21. The number of hydrogen-bond acceptors (Lipinski definition) is 15. The van der Waals surface area contributed by atoms with Crippen LogP contribution in [0.2, 0.25) is 0 Å². The Kier molecular flexibility index (Phi) is 72.8. The van der Waals surface area contributed by atoms with Gasteiger partial charge in [-0.05, 0) is 43.4 Å². The summed E-state index contributed by atoms with van der Waals surface area (Å²) in [4.78, 5) is 73.2. The van der Waals surface area contributed by atoms with Crippen LogP contribution >= 0.6 is 15.6 Å². The maximum Gasteiger partial charge on any atom is 0.472 e. The summed E-state index contributed by atoms with van der Waals surface area (Å²) in [6.45, 7) is 12.0. The van der Waals surface area contributed by atoms with Crippen molar-refractivity contribution in [1.82, 2.24) is 0 Å². The van der Waals surface area contributed by atoms with Gasteiger partial charge < -0.3 is 33.8 Å². The first-order valence-corrected chi connectivity index (χ1v) is 46.4. The molecule has 612 valence electrons. The van der Waals surface area contributed by atoms with Gasteiger partial charge in [-0.1, -0.05) is 389 Å². The number of esters is 4. The highest BCUT2D eigenvalue weighted by Gasteiger charge is 2.30. The van der Waals surface area contributed by atoms with Gasteiger partial charge in [0.25, 0.3) is 0 Å². The average molecular weight is 1510 g/mol. The van der Waals surface area contributed by atoms with E-state index in [4.69, 9.17) is 37.0 Å². The van der Waals surface area contributed by atoms with E-state index in [1.165, 1.54) is 250 Å². The quantitative estimate of drug-likeness (QED) is 0.0222. The Hall–Kier alpha value is -1.94. The molecule has 0 bridgehead atoms. The highest BCUT2D eigenvalue weighted by atomic mass is 31.2. The summed E-state index contributed by atoms with van der Waals surface area (Å²) in [6.07, 6.45) is 63.9. The minimum absolute atomic E-state index is 0.106. The Morgan fingerprint density at radius 1 is 0.282 bits per heavy atom. The molecule has 0 spiro atoms. The smallest absolute Gasteiger partial charge is 0.462 e. The molecule has 0 rings (SSSR count). The summed E-state index contributed by atoms with van der Waals surface area (Å²) in [5, 5.41) is 10.7. The molecule has 103 heavy (non-hydrogen) atoms. The van der Waals surface area contributed by atoms with E-state index in [1.807, 2.05) is 0 Å². The number of ether oxygens (including phenoxy) is 4. The van der Waals surface area contributed by atoms with Gasteiger partial charge in [0.2, 0.25) is 0 Å². The molecule has 0 aromatic carbocycles. The normalized spacial score (nSPS) is 14.2. The number of carbonyl (C=O) groups excluding carboxylic acids is 4. The van der Waals surface area contributed by atoms with E-state index < -0.39 is 97.5 Å². The number of phosphoric ester groups is 2. The summed E-state index contributed by atoms with van der Waals surface area (Å²) in [6, 6.07) is 0. The third-order valence-corrected chi connectivity index (χ3v) is 21.9. The Balaban J connectivity index is 5.25. The first kappa shape index (κ1) is 101. The molecule has 0 aliphatic rings. The van der Waals surface area contributed by atoms with E-state index in [2.05, 4.69) is 48.5 Å². The average Bonchev–Trinajstić information content (AvgIpc) is 0.917. The Bertz CT molecular complexity index is 1990. The van der Waals surface area contributed by atoms with Gasteiger partial charge in [0, 0.05) is 25.7 Å². The maximum atomic E-state index is 13.1. The maximum absolute atomic E-state index is 13.1. The van der Waals surface area contributed by atoms with Crippen LogP contribution in [0.25, 0.3) is 0 Å². The highest BCUT2D eigenvalue weighted by molar-refractivity contribution is 7.47. The van der Waals surface area contributed by atoms with Crippen LogP contribution in [0.3, 0.4) is 0 Å². The van der Waals surface area contributed by atoms with Crippen molar-refractivity contribution in [2.45, 2.75) is 458 Å². The van der Waals surface area contributed by atoms with Crippen molar-refractivity contribution >= 4 is 39.5 Å². The van der Waals surface area contributed by atoms with Crippen LogP contribution in [-0.2, 0) is 65.4 Å². The number of hydrogen-bond donors (Lipinski definition) is 3. The van der Waals surface area contributed by atoms with Gasteiger partial charge in [0.15, 0.2) is 12.2 Å². The predicted molar refractivity (Wildman–Crippen MR) is 423 cm³/mol. The van der Waals surface area contributed by atoms with Gasteiger partial charge in [-0.3, -0.25) is 37.3 Å². The fourth-order valence-electron chi connectivity index (χ4n) is 13.0. The van der Waals surface area contributed by atoms with Gasteiger partial charge in [-0.15, -0.1) is 0 Å². The topological polar surface area (TPSA) is 237 Å². The van der Waals surface area contributed by atoms with Crippen LogP contribution in [0.5, 0.6) is 0 Å². The van der Waals surface area contributed by atoms with Crippen molar-refractivity contribution < 1.29 is 80.2 Å². The molecule has 0 aromatic heterocycles. The van der Waals surface area contributed by atoms with E-state index >= 15 is 0 Å². The Morgan fingerprint density at radius 2 is 0.495 bits per heavy atom. The standard InChI is InChI=1S/C84H164O17P2/c1-8-10-11-12-13-14-15-16-17-18-19-20-21-24-28-31-37-46-53-60-67-83(88)100-79(71-94-81(86)65-58-51-44-36-30-27-25-22-23-26-29-34-41-48-55-62-75(3)4)73-98-102(90,91)96-69-78(85)70-97-103(92,93)99-74-80(72-95-82(87)66-59-52-45-40-39-42-49-56-63-76(5)6)101-84(89)68-61-54-47-38-33-32-35-43-50-57-64-77(7)9-2/h75-80,85H,8-74H2,1-7H3,(H,90,91)(H,92,93)/t77?,78-,79-,80-/m1/s1. The zero-order chi connectivity index (χ0) is 75.8. The molecule has 0 heterocycles. The Morgan fingerprint density at radius 3 is 0.738 bits per heavy atom. The lowest BCUT2D eigenvalue weighted by molar-refractivity contribution is -0.161. The van der Waals surface area contributed by atoms with Crippen LogP contribution in [0.1, 0.15) is 440 Å². The largest absolute Gasteiger partial charge is 0.472 e. The summed E-state index contributed by atoms with van der Waals surface area (Å²) in [5.74, 6) is 0.227. The molecule has 0 saturated heterocycles. The summed E-state index contributed by atoms with van der Waals surface area (Å²) in [5.41, 5.74) is 0. The molecule has 0 aliphatic carbocycles. The van der Waals surface area contributed by atoms with Gasteiger partial charge in [-0.25, -0.2) is 9.13 Å². The highest BCUT2D eigenvalue weighted by Crippen LogP contribution is 2.45. The summed E-state index contributed by atoms with van der Waals surface area (Å²) < 4.78 is 68.8. The summed E-state index contributed by atoms with van der Waals surface area (Å²) >= 11 is 0. The van der Waals surface area contributed by atoms with Crippen molar-refractivity contribution in [1.29, 1.82) is 0 Å². The van der Waals surface area contributed by atoms with Gasteiger partial charge in [-0.2, -0.15) is 0 Å². The number of rotatable bonds is 82. The Labute approximate surface area is 632 Å². The summed E-state index contributed by atoms with van der Waals surface area (Å²) in [7, 11) is -9.93. The first-order valence-electron chi connectivity index (χ1n) is 43.4. The van der Waals surface area contributed by atoms with E-state index in [0.29, 0.717) is 25.7 Å². The van der Waals surface area contributed by atoms with Crippen molar-refractivity contribution in [3.05, 3.63) is 0 Å². The van der Waals surface area contributed by atoms with Crippen molar-refractivity contribution in [3.8, 4) is 0 Å². The van der Waals surface area contributed by atoms with Gasteiger partial charge in [0.05, 0.1) is 26.4 Å². The molecule has 0 radical (unpaired) electrons. The third-order valence-electron chi connectivity index (χ3n) is 20.0. The second-order valence-corrected chi connectivity index (χ2v) is 34.3. The monoisotopic (exact) mass is 1510 g/mol. The molecule has 0 amide bonds. The van der Waals surface area contributed by atoms with Crippen LogP contribution < -0.4 is 0 Å². The SMILES string of the molecule is CCCCCCCCCCCCCCCCCCCCCCC(=O)O[C@H](COC(=O)CCCCCCCCCCCCCCCCCC(C)C)COP(=O)(O)OC[C@@H](O)COP(=O)(O)OC[C@@H](COC(=O)CCCCCCCCCCC(C)C)OC(=O)CCCCCCCCCCCCC(C)CC. The second kappa shape index (κ2) is 74.2. The number of aliphatic hydroxyl groups excluding tert-OH is 1. The van der Waals surface area contributed by atoms with E-state index in [-0.39, 0.29) is 25.7 Å². The van der Waals surface area contributed by atoms with E-state index in [0.717, 1.165) is 108 Å². The van der Waals surface area contributed by atoms with Crippen molar-refractivity contribution in [2.24, 2.45) is 17.8 Å². The van der Waals surface area contributed by atoms with Crippen molar-refractivity contribution in [3.63, 3.8) is 0 Å². The fraction of sp³-hybridized carbons (Fsp3) is 0.952. The lowest BCUT2D eigenvalue weighted by Crippen LogP contribution is -2.30. The van der Waals surface area contributed by atoms with Crippen LogP contribution in [0, 0.1) is 17.8 Å². The first-order chi connectivity index (χ1) is 49.8. The minimum atomic E-state index is -4.97. The molecule has 0 aromatic rings. The predicted octanol–water partition coefficient (Wildman–Crippen LogP) is 25.3. The molecule has 3 N–H and O–H groups in total. The molecule has 0 fully saturated rings. The molecule has 0 aliphatic heterocycles. The zero-order valence-corrected chi connectivity index (χ0v) is 69.6. The molecular weight excluding hydrogens is 1340 g/mol. The van der Waals surface area contributed by atoms with Crippen molar-refractivity contribution in [2.75, 3.05) is 39.6 Å². The van der Waals surface area contributed by atoms with Gasteiger partial charge >= 0.3 is 39.5 Å². The fourth-order valence-corrected chi connectivity index (χ4v) is 14.6. The molecule has 3 unspecified atom stereocenters. The number of aliphatic hydroxyl groups is 1. The number of phosphoric acid groups is 2. The minimum Gasteiger partial charge on any atom is -0.462 e. The molecule has 19 heteroatoms. The molecule has 17 nitrogen and oxygen atoms in total. The zero-order valence-electron chi connectivity index (χ0n) is 67.8. The molecular formula is C84H164O17P2. The second-order valence-electron chi connectivity index (χ2n) is 31.4. The molecule has 6 atom stereocenters. The van der Waals surface area contributed by atoms with E-state index in [9.17, 15) is 43.2 Å². The van der Waals surface area contributed by atoms with Crippen LogP contribution in [-0.4, -0.2) is 96.7 Å². The van der Waals surface area contributed by atoms with E-state index in [1.54, 1.807) is 0 Å². The van der Waals surface area contributed by atoms with Crippen LogP contribution in [0.4, 0.5) is 0 Å².